The van der Waals surface area contributed by atoms with Crippen LogP contribution in [0.3, 0.4) is 0 Å². The Balaban J connectivity index is 0. The minimum absolute atomic E-state index is 0.0449. The van der Waals surface area contributed by atoms with Crippen molar-refractivity contribution in [1.29, 1.82) is 0 Å². The fourth-order valence-corrected chi connectivity index (χ4v) is 0.834. The highest BCUT2D eigenvalue weighted by molar-refractivity contribution is 6.02. The second kappa shape index (κ2) is 12.8. The summed E-state index contributed by atoms with van der Waals surface area (Å²) in [6, 6.07) is 0. The highest BCUT2D eigenvalue weighted by Gasteiger charge is 1.97. The molecule has 0 spiro atoms. The Morgan fingerprint density at radius 2 is 1.82 bits per heavy atom. The quantitative estimate of drug-likeness (QED) is 0.476. The van der Waals surface area contributed by atoms with Crippen LogP contribution in [-0.4, -0.2) is 21.6 Å². The molecule has 0 aromatic carbocycles. The standard InChI is InChI=1S/C8H18O.H5NSi/c1-3-5-6-7-8(9)4-2;1-2/h8-9H,3-7H2,1-2H3;1H2,2H3. The second-order valence-electron chi connectivity index (χ2n) is 2.56. The minimum atomic E-state index is -0.0449. The maximum Gasteiger partial charge on any atom is 0.0716 e. The van der Waals surface area contributed by atoms with Gasteiger partial charge in [0.1, 0.15) is 0 Å². The van der Waals surface area contributed by atoms with E-state index in [0.717, 1.165) is 23.2 Å². The third-order valence-electron chi connectivity index (χ3n) is 1.61. The van der Waals surface area contributed by atoms with Crippen molar-refractivity contribution in [2.24, 2.45) is 5.40 Å². The van der Waals surface area contributed by atoms with Gasteiger partial charge in [0.2, 0.25) is 0 Å². The molecule has 0 bridgehead atoms. The lowest BCUT2D eigenvalue weighted by atomic mass is 10.1. The van der Waals surface area contributed by atoms with E-state index in [1.807, 2.05) is 6.92 Å². The Hall–Kier alpha value is 0.137. The number of aliphatic hydroxyl groups is 1. The first kappa shape index (κ1) is 13.7. The third kappa shape index (κ3) is 13.2. The van der Waals surface area contributed by atoms with Crippen LogP contribution in [0, 0.1) is 0 Å². The van der Waals surface area contributed by atoms with Crippen molar-refractivity contribution in [2.75, 3.05) is 0 Å². The zero-order valence-corrected chi connectivity index (χ0v) is 10.1. The minimum Gasteiger partial charge on any atom is -0.393 e. The number of hydrogen-bond acceptors (Lipinski definition) is 2. The Bertz CT molecular complexity index is 62.1. The van der Waals surface area contributed by atoms with Crippen LogP contribution in [0.15, 0.2) is 0 Å². The van der Waals surface area contributed by atoms with Crippen molar-refractivity contribution in [3.05, 3.63) is 0 Å². The van der Waals surface area contributed by atoms with Gasteiger partial charge in [-0.25, -0.2) is 0 Å². The van der Waals surface area contributed by atoms with Gasteiger partial charge in [-0.1, -0.05) is 33.1 Å². The number of unbranched alkanes of at least 4 members (excludes halogenated alkanes) is 2. The number of aliphatic hydroxyl groups excluding tert-OH is 1. The molecule has 0 amide bonds. The average Bonchev–Trinajstić information content (AvgIpc) is 2.08. The first-order chi connectivity index (χ1) is 5.31. The highest BCUT2D eigenvalue weighted by atomic mass is 28.2. The van der Waals surface area contributed by atoms with Crippen LogP contribution in [0.2, 0.25) is 0 Å². The van der Waals surface area contributed by atoms with Crippen molar-refractivity contribution in [3.8, 4) is 0 Å². The van der Waals surface area contributed by atoms with E-state index in [-0.39, 0.29) is 6.10 Å². The summed E-state index contributed by atoms with van der Waals surface area (Å²) in [6.45, 7) is 4.20. The van der Waals surface area contributed by atoms with Crippen LogP contribution in [-0.2, 0) is 0 Å². The van der Waals surface area contributed by atoms with E-state index in [2.05, 4.69) is 12.3 Å². The largest absolute Gasteiger partial charge is 0.393 e. The summed E-state index contributed by atoms with van der Waals surface area (Å²) in [5.41, 5.74) is 0. The van der Waals surface area contributed by atoms with Crippen molar-refractivity contribution in [3.63, 3.8) is 0 Å². The number of rotatable bonds is 5. The van der Waals surface area contributed by atoms with Gasteiger partial charge in [0.05, 0.1) is 16.5 Å². The van der Waals surface area contributed by atoms with E-state index in [1.54, 1.807) is 0 Å². The smallest absolute Gasteiger partial charge is 0.0716 e. The molecule has 0 radical (unpaired) electrons. The lowest BCUT2D eigenvalue weighted by Crippen LogP contribution is -2.02. The lowest BCUT2D eigenvalue weighted by Gasteiger charge is -2.04. The number of hydrogen-bond donors (Lipinski definition) is 2. The molecule has 0 heterocycles. The summed E-state index contributed by atoms with van der Waals surface area (Å²) in [5, 5.41) is 13.7. The average molecular weight is 177 g/mol. The number of nitrogens with two attached hydrogens (primary N) is 1. The molecule has 0 rings (SSSR count). The van der Waals surface area contributed by atoms with Crippen molar-refractivity contribution in [1.82, 2.24) is 0 Å². The van der Waals surface area contributed by atoms with Crippen LogP contribution in [0.25, 0.3) is 0 Å². The molecular weight excluding hydrogens is 154 g/mol. The summed E-state index contributed by atoms with van der Waals surface area (Å²) in [7, 11) is 0.806. The van der Waals surface area contributed by atoms with E-state index >= 15 is 0 Å². The van der Waals surface area contributed by atoms with Gasteiger partial charge in [0.15, 0.2) is 0 Å². The van der Waals surface area contributed by atoms with Crippen molar-refractivity contribution < 1.29 is 5.11 Å². The molecule has 0 saturated carbocycles. The third-order valence-corrected chi connectivity index (χ3v) is 1.61. The van der Waals surface area contributed by atoms with E-state index in [4.69, 9.17) is 5.11 Å². The first-order valence-electron chi connectivity index (χ1n) is 4.57. The molecule has 0 aromatic heterocycles. The van der Waals surface area contributed by atoms with E-state index in [0.29, 0.717) is 0 Å². The van der Waals surface area contributed by atoms with Crippen molar-refractivity contribution >= 4 is 10.4 Å². The summed E-state index contributed by atoms with van der Waals surface area (Å²) >= 11 is 0. The van der Waals surface area contributed by atoms with Gasteiger partial charge in [-0.2, -0.15) is 0 Å². The van der Waals surface area contributed by atoms with Crippen LogP contribution < -0.4 is 5.40 Å². The lowest BCUT2D eigenvalue weighted by molar-refractivity contribution is 0.156. The molecule has 1 unspecified atom stereocenters. The molecule has 0 saturated heterocycles. The molecule has 1 atom stereocenters. The van der Waals surface area contributed by atoms with Crippen LogP contribution in [0.4, 0.5) is 0 Å². The molecular formula is C8H23NOSi. The van der Waals surface area contributed by atoms with Gasteiger partial charge < -0.3 is 10.5 Å². The molecule has 3 heteroatoms. The van der Waals surface area contributed by atoms with Gasteiger partial charge in [-0.3, -0.25) is 0 Å². The topological polar surface area (TPSA) is 46.2 Å². The summed E-state index contributed by atoms with van der Waals surface area (Å²) in [4.78, 5) is 0. The van der Waals surface area contributed by atoms with E-state index in [1.165, 1.54) is 19.3 Å². The molecule has 0 aliphatic rings. The molecule has 0 aromatic rings. The van der Waals surface area contributed by atoms with E-state index in [9.17, 15) is 0 Å². The van der Waals surface area contributed by atoms with Crippen molar-refractivity contribution in [2.45, 2.75) is 52.1 Å². The maximum absolute atomic E-state index is 9.08. The zero-order chi connectivity index (χ0) is 9.11. The molecule has 0 fully saturated rings. The fraction of sp³-hybridized carbons (Fsp3) is 1.00. The Kier molecular flexibility index (Phi) is 15.9. The Morgan fingerprint density at radius 1 is 1.27 bits per heavy atom. The molecule has 2 nitrogen and oxygen atoms in total. The SMILES string of the molecule is CCCCCC(O)CC.N[SiH3]. The van der Waals surface area contributed by atoms with Gasteiger partial charge >= 0.3 is 0 Å². The van der Waals surface area contributed by atoms with Gasteiger partial charge in [-0.15, -0.1) is 0 Å². The fourth-order valence-electron chi connectivity index (χ4n) is 0.834. The molecule has 0 aliphatic carbocycles. The molecule has 3 N–H and O–H groups in total. The summed E-state index contributed by atoms with van der Waals surface area (Å²) in [6.07, 6.45) is 5.55. The van der Waals surface area contributed by atoms with Crippen LogP contribution in [0.5, 0.6) is 0 Å². The monoisotopic (exact) mass is 177 g/mol. The Morgan fingerprint density at radius 3 is 2.18 bits per heavy atom. The predicted molar refractivity (Wildman–Crippen MR) is 54.6 cm³/mol. The maximum atomic E-state index is 9.08. The van der Waals surface area contributed by atoms with Gasteiger partial charge in [0, 0.05) is 0 Å². The molecule has 70 valence electrons. The molecule has 11 heavy (non-hydrogen) atoms. The van der Waals surface area contributed by atoms with Gasteiger partial charge in [-0.05, 0) is 12.8 Å². The van der Waals surface area contributed by atoms with Gasteiger partial charge in [0.25, 0.3) is 0 Å². The summed E-state index contributed by atoms with van der Waals surface area (Å²) in [5.74, 6) is 0. The highest BCUT2D eigenvalue weighted by Crippen LogP contribution is 2.04. The zero-order valence-electron chi connectivity index (χ0n) is 8.14. The normalized spacial score (nSPS) is 12.0. The molecule has 0 aliphatic heterocycles. The van der Waals surface area contributed by atoms with E-state index < -0.39 is 0 Å². The Labute approximate surface area is 73.7 Å². The second-order valence-corrected chi connectivity index (χ2v) is 2.56. The van der Waals surface area contributed by atoms with Crippen LogP contribution in [0.1, 0.15) is 46.0 Å². The first-order valence-corrected chi connectivity index (χ1v) is 5.72. The summed E-state index contributed by atoms with van der Waals surface area (Å²) < 4.78 is 0. The predicted octanol–water partition coefficient (Wildman–Crippen LogP) is 0.563. The van der Waals surface area contributed by atoms with Crippen LogP contribution >= 0.6 is 0 Å².